The van der Waals surface area contributed by atoms with Gasteiger partial charge in [-0.25, -0.2) is 4.79 Å². The van der Waals surface area contributed by atoms with Crippen LogP contribution in [0.1, 0.15) is 21.6 Å². The van der Waals surface area contributed by atoms with Crippen LogP contribution in [0.4, 0.5) is 10.5 Å². The summed E-state index contributed by atoms with van der Waals surface area (Å²) in [6.45, 7) is 2.62. The van der Waals surface area contributed by atoms with Crippen LogP contribution in [-0.4, -0.2) is 6.03 Å². The van der Waals surface area contributed by atoms with Crippen molar-refractivity contribution in [3.8, 4) is 11.1 Å². The van der Waals surface area contributed by atoms with Crippen LogP contribution in [0, 0.1) is 6.92 Å². The summed E-state index contributed by atoms with van der Waals surface area (Å²) in [5.74, 6) is 0. The summed E-state index contributed by atoms with van der Waals surface area (Å²) in [5, 5.41) is 7.90. The maximum absolute atomic E-state index is 12.1. The number of hydrogen-bond donors (Lipinski definition) is 2. The SMILES string of the molecule is Cc1ccsc1CNC(=O)Nc1ccc2c(c1)Cc1ccccc1-2. The molecular weight excluding hydrogens is 316 g/mol. The molecule has 1 aromatic heterocycles. The highest BCUT2D eigenvalue weighted by Crippen LogP contribution is 2.37. The van der Waals surface area contributed by atoms with Crippen LogP contribution >= 0.6 is 11.3 Å². The quantitative estimate of drug-likeness (QED) is 0.547. The first-order valence-electron chi connectivity index (χ1n) is 8.00. The van der Waals surface area contributed by atoms with Gasteiger partial charge in [-0.3, -0.25) is 0 Å². The summed E-state index contributed by atoms with van der Waals surface area (Å²) in [5.41, 5.74) is 7.24. The van der Waals surface area contributed by atoms with Gasteiger partial charge in [-0.2, -0.15) is 0 Å². The fraction of sp³-hybridized carbons (Fsp3) is 0.150. The Bertz CT molecular complexity index is 914. The van der Waals surface area contributed by atoms with Gasteiger partial charge < -0.3 is 10.6 Å². The van der Waals surface area contributed by atoms with E-state index in [1.54, 1.807) is 11.3 Å². The number of anilines is 1. The number of rotatable bonds is 3. The van der Waals surface area contributed by atoms with Crippen molar-refractivity contribution in [3.63, 3.8) is 0 Å². The minimum Gasteiger partial charge on any atom is -0.333 e. The van der Waals surface area contributed by atoms with Crippen LogP contribution in [0.25, 0.3) is 11.1 Å². The van der Waals surface area contributed by atoms with E-state index in [0.29, 0.717) is 6.54 Å². The standard InChI is InChI=1S/C20H18N2OS/c1-13-8-9-24-19(13)12-21-20(23)22-16-6-7-18-15(11-16)10-14-4-2-3-5-17(14)18/h2-9,11H,10,12H2,1H3,(H2,21,22,23). The molecule has 4 heteroatoms. The zero-order chi connectivity index (χ0) is 16.5. The predicted molar refractivity (Wildman–Crippen MR) is 99.6 cm³/mol. The summed E-state index contributed by atoms with van der Waals surface area (Å²) in [4.78, 5) is 13.3. The number of hydrogen-bond acceptors (Lipinski definition) is 2. The maximum atomic E-state index is 12.1. The zero-order valence-electron chi connectivity index (χ0n) is 13.4. The molecule has 3 aromatic rings. The van der Waals surface area contributed by atoms with Crippen LogP contribution < -0.4 is 10.6 Å². The van der Waals surface area contributed by atoms with E-state index in [9.17, 15) is 4.79 Å². The van der Waals surface area contributed by atoms with Crippen molar-refractivity contribution in [1.29, 1.82) is 0 Å². The van der Waals surface area contributed by atoms with E-state index in [4.69, 9.17) is 0 Å². The minimum absolute atomic E-state index is 0.168. The number of carbonyl (C=O) groups excluding carboxylic acids is 1. The Morgan fingerprint density at radius 2 is 1.92 bits per heavy atom. The lowest BCUT2D eigenvalue weighted by molar-refractivity contribution is 0.252. The normalized spacial score (nSPS) is 11.7. The van der Waals surface area contributed by atoms with E-state index in [2.05, 4.69) is 60.0 Å². The zero-order valence-corrected chi connectivity index (χ0v) is 14.2. The Labute approximate surface area is 145 Å². The van der Waals surface area contributed by atoms with E-state index in [-0.39, 0.29) is 6.03 Å². The summed E-state index contributed by atoms with van der Waals surface area (Å²) >= 11 is 1.66. The van der Waals surface area contributed by atoms with Crippen LogP contribution in [0.2, 0.25) is 0 Å². The molecule has 0 radical (unpaired) electrons. The van der Waals surface area contributed by atoms with Crippen molar-refractivity contribution < 1.29 is 4.79 Å². The molecule has 1 aliphatic carbocycles. The summed E-state index contributed by atoms with van der Waals surface area (Å²) in [6.07, 6.45) is 0.928. The first-order chi connectivity index (χ1) is 11.7. The lowest BCUT2D eigenvalue weighted by atomic mass is 10.1. The Morgan fingerprint density at radius 3 is 2.75 bits per heavy atom. The van der Waals surface area contributed by atoms with Gasteiger partial charge in [0.15, 0.2) is 0 Å². The monoisotopic (exact) mass is 334 g/mol. The third-order valence-corrected chi connectivity index (χ3v) is 5.45. The molecular formula is C20H18N2OS. The largest absolute Gasteiger partial charge is 0.333 e. The van der Waals surface area contributed by atoms with Gasteiger partial charge in [0.2, 0.25) is 0 Å². The van der Waals surface area contributed by atoms with E-state index in [1.807, 2.05) is 11.4 Å². The molecule has 120 valence electrons. The Hall–Kier alpha value is -2.59. The average Bonchev–Trinajstić information content (AvgIpc) is 3.15. The van der Waals surface area contributed by atoms with Gasteiger partial charge >= 0.3 is 6.03 Å². The topological polar surface area (TPSA) is 41.1 Å². The lowest BCUT2D eigenvalue weighted by Crippen LogP contribution is -2.28. The molecule has 2 aromatic carbocycles. The van der Waals surface area contributed by atoms with Gasteiger partial charge in [-0.15, -0.1) is 11.3 Å². The third-order valence-electron chi connectivity index (χ3n) is 4.43. The molecule has 1 heterocycles. The molecule has 2 amide bonds. The molecule has 0 aliphatic heterocycles. The van der Waals surface area contributed by atoms with Gasteiger partial charge in [0, 0.05) is 10.6 Å². The predicted octanol–water partition coefficient (Wildman–Crippen LogP) is 4.95. The first kappa shape index (κ1) is 15.0. The minimum atomic E-state index is -0.168. The van der Waals surface area contributed by atoms with Crippen molar-refractivity contribution in [2.45, 2.75) is 19.9 Å². The number of urea groups is 1. The molecule has 24 heavy (non-hydrogen) atoms. The number of benzene rings is 2. The van der Waals surface area contributed by atoms with Gasteiger partial charge in [0.25, 0.3) is 0 Å². The number of aryl methyl sites for hydroxylation is 1. The molecule has 0 saturated carbocycles. The highest BCUT2D eigenvalue weighted by Gasteiger charge is 2.18. The van der Waals surface area contributed by atoms with Crippen LogP contribution in [0.3, 0.4) is 0 Å². The van der Waals surface area contributed by atoms with Gasteiger partial charge in [0.05, 0.1) is 6.54 Å². The van der Waals surface area contributed by atoms with E-state index in [1.165, 1.54) is 32.7 Å². The second kappa shape index (κ2) is 6.13. The van der Waals surface area contributed by atoms with Crippen LogP contribution in [0.5, 0.6) is 0 Å². The Kier molecular flexibility index (Phi) is 3.82. The van der Waals surface area contributed by atoms with Gasteiger partial charge in [-0.05, 0) is 64.7 Å². The smallest absolute Gasteiger partial charge is 0.319 e. The van der Waals surface area contributed by atoms with Crippen molar-refractivity contribution in [1.82, 2.24) is 5.32 Å². The number of nitrogens with one attached hydrogen (secondary N) is 2. The fourth-order valence-corrected chi connectivity index (χ4v) is 3.99. The van der Waals surface area contributed by atoms with E-state index in [0.717, 1.165) is 12.1 Å². The van der Waals surface area contributed by atoms with Crippen LogP contribution in [0.15, 0.2) is 53.9 Å². The average molecular weight is 334 g/mol. The second-order valence-corrected chi connectivity index (χ2v) is 7.04. The maximum Gasteiger partial charge on any atom is 0.319 e. The molecule has 0 bridgehead atoms. The van der Waals surface area contributed by atoms with Crippen molar-refractivity contribution >= 4 is 23.1 Å². The van der Waals surface area contributed by atoms with Gasteiger partial charge in [0.1, 0.15) is 0 Å². The number of thiophene rings is 1. The second-order valence-electron chi connectivity index (χ2n) is 6.04. The highest BCUT2D eigenvalue weighted by molar-refractivity contribution is 7.10. The Morgan fingerprint density at radius 1 is 1.08 bits per heavy atom. The van der Waals surface area contributed by atoms with E-state index >= 15 is 0 Å². The highest BCUT2D eigenvalue weighted by atomic mass is 32.1. The molecule has 0 saturated heterocycles. The third kappa shape index (κ3) is 2.81. The lowest BCUT2D eigenvalue weighted by Gasteiger charge is -2.09. The van der Waals surface area contributed by atoms with Gasteiger partial charge in [-0.1, -0.05) is 30.3 Å². The molecule has 4 rings (SSSR count). The first-order valence-corrected chi connectivity index (χ1v) is 8.88. The molecule has 1 aliphatic rings. The van der Waals surface area contributed by atoms with E-state index < -0.39 is 0 Å². The number of carbonyl (C=O) groups is 1. The summed E-state index contributed by atoms with van der Waals surface area (Å²) in [7, 11) is 0. The van der Waals surface area contributed by atoms with Crippen molar-refractivity contribution in [3.05, 3.63) is 75.5 Å². The molecule has 0 atom stereocenters. The molecule has 3 nitrogen and oxygen atoms in total. The fourth-order valence-electron chi connectivity index (χ4n) is 3.14. The number of fused-ring (bicyclic) bond motifs is 3. The summed E-state index contributed by atoms with van der Waals surface area (Å²) in [6, 6.07) is 16.5. The molecule has 0 fully saturated rings. The molecule has 0 unspecified atom stereocenters. The molecule has 0 spiro atoms. The van der Waals surface area contributed by atoms with Crippen molar-refractivity contribution in [2.24, 2.45) is 0 Å². The number of amides is 2. The van der Waals surface area contributed by atoms with Crippen molar-refractivity contribution in [2.75, 3.05) is 5.32 Å². The Balaban J connectivity index is 1.44. The summed E-state index contributed by atoms with van der Waals surface area (Å²) < 4.78 is 0. The van der Waals surface area contributed by atoms with Crippen LogP contribution in [-0.2, 0) is 13.0 Å². The molecule has 2 N–H and O–H groups in total.